The number of halogens is 3. The van der Waals surface area contributed by atoms with Crippen LogP contribution in [0, 0.1) is 0 Å². The Labute approximate surface area is 185 Å². The van der Waals surface area contributed by atoms with Crippen molar-refractivity contribution in [1.82, 2.24) is 24.6 Å². The van der Waals surface area contributed by atoms with Crippen molar-refractivity contribution in [2.45, 2.75) is 49.6 Å². The number of nitrogens with zero attached hydrogens (tertiary/aromatic N) is 5. The molecule has 1 aromatic carbocycles. The van der Waals surface area contributed by atoms with Gasteiger partial charge in [0, 0.05) is 29.7 Å². The highest BCUT2D eigenvalue weighted by atomic mass is 19.4. The summed E-state index contributed by atoms with van der Waals surface area (Å²) in [7, 11) is 0. The first-order valence-corrected chi connectivity index (χ1v) is 10.6. The van der Waals surface area contributed by atoms with Gasteiger partial charge in [-0.05, 0) is 55.9 Å². The molecule has 170 valence electrons. The summed E-state index contributed by atoms with van der Waals surface area (Å²) in [6, 6.07) is 6.92. The molecule has 0 aliphatic heterocycles. The predicted octanol–water partition coefficient (Wildman–Crippen LogP) is 4.10. The van der Waals surface area contributed by atoms with Gasteiger partial charge in [-0.25, -0.2) is 4.52 Å². The molecular weight excluding hydrogens is 437 g/mol. The summed E-state index contributed by atoms with van der Waals surface area (Å²) in [5, 5.41) is 18.1. The Hall–Kier alpha value is -3.47. The van der Waals surface area contributed by atoms with Crippen molar-refractivity contribution in [3.8, 4) is 17.0 Å². The Morgan fingerprint density at radius 2 is 1.79 bits per heavy atom. The molecule has 2 saturated carbocycles. The standard InChI is InChI=1S/C22H19F3N6O2/c23-22(24,25)33-18-17-14(13-1-2-15-16(11-13)27-9-8-26-15)3-10-31(17)30-19(28-18)29-20-4-6-21(32,12-20)7-5-20/h1-3,8-11,32H,4-7,12H2,(H,29,30). The molecule has 0 atom stereocenters. The Balaban J connectivity index is 1.45. The van der Waals surface area contributed by atoms with Crippen molar-refractivity contribution >= 4 is 22.5 Å². The fourth-order valence-corrected chi connectivity index (χ4v) is 5.17. The fraction of sp³-hybridized carbons (Fsp3) is 0.364. The molecule has 0 unspecified atom stereocenters. The van der Waals surface area contributed by atoms with Crippen molar-refractivity contribution in [3.63, 3.8) is 0 Å². The third-order valence-electron chi connectivity index (χ3n) is 6.65. The second-order valence-corrected chi connectivity index (χ2v) is 8.88. The maximum atomic E-state index is 13.3. The summed E-state index contributed by atoms with van der Waals surface area (Å²) in [4.78, 5) is 12.6. The third kappa shape index (κ3) is 3.52. The zero-order valence-corrected chi connectivity index (χ0v) is 17.3. The van der Waals surface area contributed by atoms with E-state index in [2.05, 4.69) is 30.1 Å². The van der Waals surface area contributed by atoms with Gasteiger partial charge in [0.05, 0.1) is 16.6 Å². The summed E-state index contributed by atoms with van der Waals surface area (Å²) in [5.74, 6) is -0.568. The normalized spacial score (nSPS) is 24.6. The van der Waals surface area contributed by atoms with Crippen LogP contribution in [0.15, 0.2) is 42.9 Å². The molecule has 0 radical (unpaired) electrons. The molecule has 6 rings (SSSR count). The fourth-order valence-electron chi connectivity index (χ4n) is 5.17. The average Bonchev–Trinajstić information content (AvgIpc) is 3.43. The van der Waals surface area contributed by atoms with Crippen LogP contribution in [0.2, 0.25) is 0 Å². The van der Waals surface area contributed by atoms with E-state index in [9.17, 15) is 18.3 Å². The molecule has 2 bridgehead atoms. The Kier molecular flexibility index (Phi) is 4.13. The molecule has 8 nitrogen and oxygen atoms in total. The number of aromatic nitrogens is 5. The first-order valence-electron chi connectivity index (χ1n) is 10.6. The number of fused-ring (bicyclic) bond motifs is 4. The smallest absolute Gasteiger partial charge is 0.390 e. The molecule has 2 aliphatic rings. The van der Waals surface area contributed by atoms with Gasteiger partial charge in [-0.1, -0.05) is 6.07 Å². The highest BCUT2D eigenvalue weighted by Crippen LogP contribution is 2.51. The van der Waals surface area contributed by atoms with Crippen LogP contribution in [0.4, 0.5) is 19.1 Å². The van der Waals surface area contributed by atoms with Crippen LogP contribution in [0.1, 0.15) is 32.1 Å². The van der Waals surface area contributed by atoms with Crippen molar-refractivity contribution in [3.05, 3.63) is 42.9 Å². The topological polar surface area (TPSA) is 97.5 Å². The number of alkyl halides is 3. The van der Waals surface area contributed by atoms with E-state index < -0.39 is 23.4 Å². The maximum absolute atomic E-state index is 13.3. The Morgan fingerprint density at radius 3 is 2.48 bits per heavy atom. The zero-order valence-electron chi connectivity index (χ0n) is 17.3. The van der Waals surface area contributed by atoms with E-state index in [0.29, 0.717) is 54.3 Å². The lowest BCUT2D eigenvalue weighted by atomic mass is 9.93. The van der Waals surface area contributed by atoms with Crippen LogP contribution in [0.5, 0.6) is 5.88 Å². The molecule has 2 aliphatic carbocycles. The number of hydrogen-bond acceptors (Lipinski definition) is 7. The van der Waals surface area contributed by atoms with E-state index in [1.165, 1.54) is 4.52 Å². The molecule has 0 amide bonds. The number of benzene rings is 1. The van der Waals surface area contributed by atoms with E-state index in [4.69, 9.17) is 0 Å². The Bertz CT molecular complexity index is 1380. The molecule has 2 fully saturated rings. The molecule has 2 N–H and O–H groups in total. The van der Waals surface area contributed by atoms with Gasteiger partial charge >= 0.3 is 6.36 Å². The van der Waals surface area contributed by atoms with Crippen LogP contribution < -0.4 is 10.1 Å². The number of anilines is 1. The van der Waals surface area contributed by atoms with E-state index in [-0.39, 0.29) is 11.5 Å². The molecule has 11 heteroatoms. The molecule has 3 aromatic heterocycles. The highest BCUT2D eigenvalue weighted by molar-refractivity contribution is 5.89. The van der Waals surface area contributed by atoms with Gasteiger partial charge in [0.2, 0.25) is 5.95 Å². The first-order chi connectivity index (χ1) is 15.7. The van der Waals surface area contributed by atoms with E-state index >= 15 is 0 Å². The second-order valence-electron chi connectivity index (χ2n) is 8.88. The van der Waals surface area contributed by atoms with Gasteiger partial charge in [0.15, 0.2) is 0 Å². The minimum atomic E-state index is -4.93. The average molecular weight is 456 g/mol. The van der Waals surface area contributed by atoms with E-state index in [1.54, 1.807) is 42.9 Å². The number of hydrogen-bond donors (Lipinski definition) is 2. The monoisotopic (exact) mass is 456 g/mol. The molecule has 3 heterocycles. The number of aliphatic hydroxyl groups is 1. The van der Waals surface area contributed by atoms with Crippen LogP contribution in [-0.4, -0.2) is 47.2 Å². The summed E-state index contributed by atoms with van der Waals surface area (Å²) in [6.45, 7) is 0. The quantitative estimate of drug-likeness (QED) is 0.477. The number of nitrogens with one attached hydrogen (secondary N) is 1. The summed E-state index contributed by atoms with van der Waals surface area (Å²) in [6.07, 6.45) is 2.98. The van der Waals surface area contributed by atoms with Crippen LogP contribution in [-0.2, 0) is 0 Å². The largest absolute Gasteiger partial charge is 0.574 e. The van der Waals surface area contributed by atoms with Gasteiger partial charge in [0.25, 0.3) is 5.88 Å². The summed E-state index contributed by atoms with van der Waals surface area (Å²) in [5.41, 5.74) is 1.34. The minimum absolute atomic E-state index is 0.0272. The van der Waals surface area contributed by atoms with Crippen molar-refractivity contribution in [2.75, 3.05) is 5.32 Å². The van der Waals surface area contributed by atoms with E-state index in [1.807, 2.05) is 0 Å². The molecule has 0 saturated heterocycles. The number of rotatable bonds is 4. The first kappa shape index (κ1) is 20.2. The lowest BCUT2D eigenvalue weighted by molar-refractivity contribution is -0.275. The van der Waals surface area contributed by atoms with Crippen LogP contribution in [0.3, 0.4) is 0 Å². The van der Waals surface area contributed by atoms with Crippen molar-refractivity contribution < 1.29 is 23.0 Å². The van der Waals surface area contributed by atoms with Gasteiger partial charge in [0.1, 0.15) is 5.52 Å². The number of ether oxygens (including phenoxy) is 1. The predicted molar refractivity (Wildman–Crippen MR) is 113 cm³/mol. The second kappa shape index (κ2) is 6.77. The third-order valence-corrected chi connectivity index (χ3v) is 6.65. The van der Waals surface area contributed by atoms with Gasteiger partial charge in [-0.15, -0.1) is 18.3 Å². The summed E-state index contributed by atoms with van der Waals surface area (Å²) >= 11 is 0. The molecule has 33 heavy (non-hydrogen) atoms. The van der Waals surface area contributed by atoms with Crippen molar-refractivity contribution in [2.24, 2.45) is 0 Å². The maximum Gasteiger partial charge on any atom is 0.574 e. The van der Waals surface area contributed by atoms with Crippen LogP contribution in [0.25, 0.3) is 27.7 Å². The van der Waals surface area contributed by atoms with E-state index in [0.717, 1.165) is 0 Å². The molecule has 0 spiro atoms. The molecular formula is C22H19F3N6O2. The SMILES string of the molecule is OC12CCC(Nc3nc(OC(F)(F)F)c4c(-c5ccc6nccnc6c5)ccn4n3)(CC1)C2. The zero-order chi connectivity index (χ0) is 22.8. The van der Waals surface area contributed by atoms with Gasteiger partial charge in [-0.2, -0.15) is 4.98 Å². The highest BCUT2D eigenvalue weighted by Gasteiger charge is 2.54. The van der Waals surface area contributed by atoms with Gasteiger partial charge in [-0.3, -0.25) is 9.97 Å². The molecule has 4 aromatic rings. The minimum Gasteiger partial charge on any atom is -0.390 e. The summed E-state index contributed by atoms with van der Waals surface area (Å²) < 4.78 is 45.5. The van der Waals surface area contributed by atoms with Crippen LogP contribution >= 0.6 is 0 Å². The lowest BCUT2D eigenvalue weighted by Gasteiger charge is -2.27. The Morgan fingerprint density at radius 1 is 1.03 bits per heavy atom. The van der Waals surface area contributed by atoms with Crippen molar-refractivity contribution in [1.29, 1.82) is 0 Å². The van der Waals surface area contributed by atoms with Gasteiger partial charge < -0.3 is 15.2 Å². The lowest BCUT2D eigenvalue weighted by Crippen LogP contribution is -2.34.